The first kappa shape index (κ1) is 12.7. The van der Waals surface area contributed by atoms with E-state index in [1.165, 1.54) is 70.6 Å². The summed E-state index contributed by atoms with van der Waals surface area (Å²) in [4.78, 5) is 0. The second kappa shape index (κ2) is 4.76. The topological polar surface area (TPSA) is 20.2 Å². The smallest absolute Gasteiger partial charge is 0.0599 e. The highest BCUT2D eigenvalue weighted by Gasteiger charge is 2.53. The van der Waals surface area contributed by atoms with Crippen LogP contribution < -0.4 is 0 Å². The molecule has 1 atom stereocenters. The summed E-state index contributed by atoms with van der Waals surface area (Å²) in [7, 11) is 0. The van der Waals surface area contributed by atoms with Crippen molar-refractivity contribution in [2.45, 2.75) is 83.2 Å². The van der Waals surface area contributed by atoms with Crippen LogP contribution in [-0.4, -0.2) is 11.2 Å². The van der Waals surface area contributed by atoms with Crippen molar-refractivity contribution in [1.82, 2.24) is 0 Å². The molecule has 0 aromatic carbocycles. The van der Waals surface area contributed by atoms with Crippen molar-refractivity contribution < 1.29 is 5.11 Å². The molecule has 4 bridgehead atoms. The van der Waals surface area contributed by atoms with Gasteiger partial charge in [0.15, 0.2) is 0 Å². The molecule has 5 fully saturated rings. The average molecular weight is 262 g/mol. The largest absolute Gasteiger partial charge is 0.393 e. The van der Waals surface area contributed by atoms with Gasteiger partial charge in [0.2, 0.25) is 0 Å². The summed E-state index contributed by atoms with van der Waals surface area (Å²) < 4.78 is 0. The zero-order chi connectivity index (χ0) is 12.9. The summed E-state index contributed by atoms with van der Waals surface area (Å²) in [5.41, 5.74) is 0.367. The number of rotatable bonds is 3. The maximum Gasteiger partial charge on any atom is 0.0599 e. The van der Waals surface area contributed by atoms with Gasteiger partial charge in [0.05, 0.1) is 6.10 Å². The molecular weight excluding hydrogens is 232 g/mol. The van der Waals surface area contributed by atoms with Crippen molar-refractivity contribution in [2.75, 3.05) is 0 Å². The quantitative estimate of drug-likeness (QED) is 0.792. The molecule has 0 amide bonds. The van der Waals surface area contributed by atoms with Crippen LogP contribution in [0, 0.1) is 29.1 Å². The summed E-state index contributed by atoms with van der Waals surface area (Å²) >= 11 is 0. The summed E-state index contributed by atoms with van der Waals surface area (Å²) in [6.07, 6.45) is 16.8. The van der Waals surface area contributed by atoms with Gasteiger partial charge < -0.3 is 5.11 Å². The number of aliphatic hydroxyl groups is 1. The van der Waals surface area contributed by atoms with Gasteiger partial charge in [0.1, 0.15) is 0 Å². The van der Waals surface area contributed by atoms with Gasteiger partial charge in [-0.2, -0.15) is 0 Å². The molecule has 0 spiro atoms. The number of hydrogen-bond acceptors (Lipinski definition) is 1. The Morgan fingerprint density at radius 3 is 1.89 bits per heavy atom. The van der Waals surface area contributed by atoms with E-state index in [2.05, 4.69) is 0 Å². The van der Waals surface area contributed by atoms with E-state index in [0.717, 1.165) is 30.1 Å². The second-order valence-electron chi connectivity index (χ2n) is 8.54. The van der Waals surface area contributed by atoms with Gasteiger partial charge >= 0.3 is 0 Å². The Morgan fingerprint density at radius 2 is 1.37 bits per heavy atom. The van der Waals surface area contributed by atoms with Crippen molar-refractivity contribution in [1.29, 1.82) is 0 Å². The fraction of sp³-hybridized carbons (Fsp3) is 1.00. The van der Waals surface area contributed by atoms with Crippen molar-refractivity contribution in [2.24, 2.45) is 29.1 Å². The van der Waals surface area contributed by atoms with Crippen LogP contribution in [0.25, 0.3) is 0 Å². The molecule has 1 unspecified atom stereocenters. The van der Waals surface area contributed by atoms with Gasteiger partial charge in [-0.25, -0.2) is 0 Å². The van der Waals surface area contributed by atoms with Gasteiger partial charge in [0, 0.05) is 0 Å². The van der Waals surface area contributed by atoms with E-state index >= 15 is 0 Å². The fourth-order valence-electron chi connectivity index (χ4n) is 6.57. The second-order valence-corrected chi connectivity index (χ2v) is 8.54. The Balaban J connectivity index is 1.45. The third kappa shape index (κ3) is 2.26. The summed E-state index contributed by atoms with van der Waals surface area (Å²) in [6, 6.07) is 0. The van der Waals surface area contributed by atoms with E-state index in [-0.39, 0.29) is 6.10 Å². The minimum atomic E-state index is 0.0315. The average Bonchev–Trinajstić information content (AvgIpc) is 2.38. The Labute approximate surface area is 118 Å². The SMILES string of the molecule is OC(CC1CCCCC1)C12CC3CC(CC(C3)C1)C2. The normalized spacial score (nSPS) is 47.5. The molecule has 0 heterocycles. The third-order valence-electron chi connectivity index (χ3n) is 7.07. The fourth-order valence-corrected chi connectivity index (χ4v) is 6.57. The maximum atomic E-state index is 11.0. The molecule has 0 radical (unpaired) electrons. The van der Waals surface area contributed by atoms with Crippen LogP contribution in [0.5, 0.6) is 0 Å². The van der Waals surface area contributed by atoms with E-state index in [4.69, 9.17) is 0 Å². The lowest BCUT2D eigenvalue weighted by molar-refractivity contribution is -0.126. The van der Waals surface area contributed by atoms with E-state index in [1.54, 1.807) is 0 Å². The zero-order valence-corrected chi connectivity index (χ0v) is 12.3. The zero-order valence-electron chi connectivity index (χ0n) is 12.3. The van der Waals surface area contributed by atoms with Gasteiger partial charge in [-0.1, -0.05) is 32.1 Å². The van der Waals surface area contributed by atoms with Gasteiger partial charge in [-0.15, -0.1) is 0 Å². The summed E-state index contributed by atoms with van der Waals surface area (Å²) in [5, 5.41) is 11.0. The van der Waals surface area contributed by atoms with Crippen molar-refractivity contribution in [3.05, 3.63) is 0 Å². The highest BCUT2D eigenvalue weighted by atomic mass is 16.3. The molecule has 5 aliphatic rings. The van der Waals surface area contributed by atoms with E-state index in [9.17, 15) is 5.11 Å². The lowest BCUT2D eigenvalue weighted by Crippen LogP contribution is -2.52. The van der Waals surface area contributed by atoms with Crippen LogP contribution in [-0.2, 0) is 0 Å². The highest BCUT2D eigenvalue weighted by Crippen LogP contribution is 2.62. The van der Waals surface area contributed by atoms with Crippen LogP contribution in [0.3, 0.4) is 0 Å². The molecule has 0 aromatic rings. The minimum Gasteiger partial charge on any atom is -0.393 e. The van der Waals surface area contributed by atoms with Gasteiger partial charge in [-0.3, -0.25) is 0 Å². The molecule has 108 valence electrons. The van der Waals surface area contributed by atoms with Gasteiger partial charge in [-0.05, 0) is 74.0 Å². The molecule has 1 N–H and O–H groups in total. The molecule has 0 saturated heterocycles. The van der Waals surface area contributed by atoms with Crippen molar-refractivity contribution in [3.63, 3.8) is 0 Å². The molecule has 5 aliphatic carbocycles. The van der Waals surface area contributed by atoms with E-state index < -0.39 is 0 Å². The first-order valence-corrected chi connectivity index (χ1v) is 8.91. The van der Waals surface area contributed by atoms with Crippen LogP contribution in [0.15, 0.2) is 0 Å². The lowest BCUT2D eigenvalue weighted by atomic mass is 9.47. The lowest BCUT2D eigenvalue weighted by Gasteiger charge is -2.58. The Kier molecular flexibility index (Phi) is 3.17. The maximum absolute atomic E-state index is 11.0. The number of aliphatic hydroxyl groups excluding tert-OH is 1. The Morgan fingerprint density at radius 1 is 0.842 bits per heavy atom. The molecule has 1 heteroatoms. The first-order chi connectivity index (χ1) is 9.23. The van der Waals surface area contributed by atoms with Gasteiger partial charge in [0.25, 0.3) is 0 Å². The Hall–Kier alpha value is -0.0400. The molecule has 5 rings (SSSR count). The predicted molar refractivity (Wildman–Crippen MR) is 77.8 cm³/mol. The first-order valence-electron chi connectivity index (χ1n) is 8.91. The van der Waals surface area contributed by atoms with E-state index in [0.29, 0.717) is 5.41 Å². The molecule has 19 heavy (non-hydrogen) atoms. The van der Waals surface area contributed by atoms with Crippen molar-refractivity contribution >= 4 is 0 Å². The van der Waals surface area contributed by atoms with Crippen LogP contribution in [0.1, 0.15) is 77.0 Å². The third-order valence-corrected chi connectivity index (χ3v) is 7.07. The summed E-state index contributed by atoms with van der Waals surface area (Å²) in [6.45, 7) is 0. The monoisotopic (exact) mass is 262 g/mol. The number of hydrogen-bond donors (Lipinski definition) is 1. The summed E-state index contributed by atoms with van der Waals surface area (Å²) in [5.74, 6) is 3.78. The molecule has 1 nitrogen and oxygen atoms in total. The highest BCUT2D eigenvalue weighted by molar-refractivity contribution is 5.04. The van der Waals surface area contributed by atoms with Crippen molar-refractivity contribution in [3.8, 4) is 0 Å². The molecule has 0 aromatic heterocycles. The minimum absolute atomic E-state index is 0.0315. The molecule has 0 aliphatic heterocycles. The molecule has 5 saturated carbocycles. The predicted octanol–water partition coefficient (Wildman–Crippen LogP) is 4.53. The van der Waals surface area contributed by atoms with Crippen LogP contribution in [0.2, 0.25) is 0 Å². The standard InChI is InChI=1S/C18H30O/c19-17(9-13-4-2-1-3-5-13)18-10-14-6-15(11-18)8-16(7-14)12-18/h13-17,19H,1-12H2. The van der Waals surface area contributed by atoms with E-state index in [1.807, 2.05) is 0 Å². The Bertz CT molecular complexity index is 293. The van der Waals surface area contributed by atoms with Crippen LogP contribution in [0.4, 0.5) is 0 Å². The van der Waals surface area contributed by atoms with Crippen LogP contribution >= 0.6 is 0 Å². The molecular formula is C18H30O.